The number of piperazine rings is 1. The molecule has 6 heterocycles. The summed E-state index contributed by atoms with van der Waals surface area (Å²) in [5.41, 5.74) is 0.348. The predicted octanol–water partition coefficient (Wildman–Crippen LogP) is 8.26. The number of pyridine rings is 1. The van der Waals surface area contributed by atoms with E-state index in [9.17, 15) is 4.79 Å². The molecule has 0 spiro atoms. The van der Waals surface area contributed by atoms with Gasteiger partial charge >= 0.3 is 12.1 Å². The van der Waals surface area contributed by atoms with E-state index in [0.29, 0.717) is 41.5 Å². The third-order valence-corrected chi connectivity index (χ3v) is 10.7. The normalized spacial score (nSPS) is 21.5. The molecule has 2 aromatic heterocycles. The van der Waals surface area contributed by atoms with Gasteiger partial charge < -0.3 is 14.4 Å². The first-order valence-corrected chi connectivity index (χ1v) is 18.2. The van der Waals surface area contributed by atoms with Crippen LogP contribution in [0.4, 0.5) is 15.0 Å². The Balaban J connectivity index is 0.00000186. The number of halogens is 2. The Hall–Kier alpha value is -3.76. The van der Waals surface area contributed by atoms with Crippen LogP contribution >= 0.6 is 11.6 Å². The molecule has 4 aliphatic heterocycles. The molecule has 0 N–H and O–H groups in total. The molecule has 9 nitrogen and oxygen atoms in total. The summed E-state index contributed by atoms with van der Waals surface area (Å²) in [5.74, 6) is 0.0344. The van der Waals surface area contributed by atoms with Gasteiger partial charge in [0.05, 0.1) is 23.0 Å². The fraction of sp³-hybridized carbons (Fsp3) is 0.526. The minimum Gasteiger partial charge on any atom is -0.461 e. The standard InChI is InChI=1S/C36H40ClFN6O3.C2H6/c1-35(2,3)47-34(45)44-23-12-13-24(44)20-42(19-23)32-26-18-39-30(25-10-4-8-22-9-5-11-27(37)28(22)25)29(38)31(26)40-33(41-32)46-21-36-14-6-16-43(36)17-7-15-36;1-2/h4-5,8-11,18,23-24H,6-7,12-17,19-21H2,1-3H3;1-2H3. The average Bonchev–Trinajstić information content (AvgIpc) is 3.74. The molecule has 11 heteroatoms. The second-order valence-electron chi connectivity index (χ2n) is 14.5. The number of fused-ring (bicyclic) bond motifs is 5. The van der Waals surface area contributed by atoms with Gasteiger partial charge in [-0.15, -0.1) is 0 Å². The largest absolute Gasteiger partial charge is 0.461 e. The van der Waals surface area contributed by atoms with Gasteiger partial charge in [-0.2, -0.15) is 9.97 Å². The predicted molar refractivity (Wildman–Crippen MR) is 192 cm³/mol. The van der Waals surface area contributed by atoms with E-state index in [1.165, 1.54) is 0 Å². The fourth-order valence-corrected chi connectivity index (χ4v) is 8.64. The van der Waals surface area contributed by atoms with Crippen molar-refractivity contribution in [1.29, 1.82) is 0 Å². The highest BCUT2D eigenvalue weighted by Gasteiger charge is 2.46. The number of amides is 1. The zero-order chi connectivity index (χ0) is 34.5. The van der Waals surface area contributed by atoms with Gasteiger partial charge in [0.2, 0.25) is 0 Å². The Labute approximate surface area is 292 Å². The fourth-order valence-electron chi connectivity index (χ4n) is 8.36. The molecule has 0 radical (unpaired) electrons. The number of hydrogen-bond donors (Lipinski definition) is 0. The van der Waals surface area contributed by atoms with Gasteiger partial charge in [-0.25, -0.2) is 9.18 Å². The van der Waals surface area contributed by atoms with Crippen molar-refractivity contribution in [2.45, 2.75) is 96.4 Å². The Morgan fingerprint density at radius 2 is 1.69 bits per heavy atom. The lowest BCUT2D eigenvalue weighted by Gasteiger charge is -2.42. The molecule has 49 heavy (non-hydrogen) atoms. The van der Waals surface area contributed by atoms with E-state index in [4.69, 9.17) is 31.0 Å². The highest BCUT2D eigenvalue weighted by Crippen LogP contribution is 2.41. The first-order chi connectivity index (χ1) is 23.6. The minimum atomic E-state index is -0.578. The molecule has 1 amide bonds. The number of carbonyl (C=O) groups excluding carboxylic acids is 1. The highest BCUT2D eigenvalue weighted by atomic mass is 35.5. The van der Waals surface area contributed by atoms with Crippen molar-refractivity contribution in [3.63, 3.8) is 0 Å². The molecule has 260 valence electrons. The van der Waals surface area contributed by atoms with Crippen LogP contribution in [0.15, 0.2) is 42.6 Å². The van der Waals surface area contributed by atoms with Crippen molar-refractivity contribution in [2.24, 2.45) is 0 Å². The first kappa shape index (κ1) is 33.7. The van der Waals surface area contributed by atoms with Crippen LogP contribution in [0.1, 0.15) is 73.1 Å². The number of carbonyl (C=O) groups is 1. The number of benzene rings is 2. The summed E-state index contributed by atoms with van der Waals surface area (Å²) in [4.78, 5) is 34.1. The van der Waals surface area contributed by atoms with Crippen LogP contribution in [0.5, 0.6) is 6.01 Å². The maximum absolute atomic E-state index is 16.8. The van der Waals surface area contributed by atoms with Crippen LogP contribution in [-0.2, 0) is 4.74 Å². The van der Waals surface area contributed by atoms with Crippen molar-refractivity contribution >= 4 is 45.2 Å². The number of ether oxygens (including phenoxy) is 2. The Kier molecular flexibility index (Phi) is 9.07. The van der Waals surface area contributed by atoms with Crippen LogP contribution < -0.4 is 9.64 Å². The summed E-state index contributed by atoms with van der Waals surface area (Å²) >= 11 is 6.64. The Bertz CT molecular complexity index is 1850. The summed E-state index contributed by atoms with van der Waals surface area (Å²) < 4.78 is 29.0. The molecule has 2 atom stereocenters. The lowest BCUT2D eigenvalue weighted by Crippen LogP contribution is -2.57. The van der Waals surface area contributed by atoms with E-state index >= 15 is 4.39 Å². The molecule has 0 saturated carbocycles. The van der Waals surface area contributed by atoms with Gasteiger partial charge in [-0.3, -0.25) is 14.8 Å². The molecule has 4 fully saturated rings. The Morgan fingerprint density at radius 3 is 2.37 bits per heavy atom. The summed E-state index contributed by atoms with van der Waals surface area (Å²) in [5, 5.41) is 2.68. The van der Waals surface area contributed by atoms with Gasteiger partial charge in [0.25, 0.3) is 0 Å². The Morgan fingerprint density at radius 1 is 1.02 bits per heavy atom. The van der Waals surface area contributed by atoms with Crippen LogP contribution in [0, 0.1) is 5.82 Å². The van der Waals surface area contributed by atoms with E-state index in [2.05, 4.69) is 14.8 Å². The zero-order valence-corrected chi connectivity index (χ0v) is 29.9. The second-order valence-corrected chi connectivity index (χ2v) is 14.9. The van der Waals surface area contributed by atoms with Gasteiger partial charge in [0, 0.05) is 35.3 Å². The molecule has 2 unspecified atom stereocenters. The molecule has 4 aliphatic rings. The summed E-state index contributed by atoms with van der Waals surface area (Å²) in [7, 11) is 0. The number of aromatic nitrogens is 3. The third-order valence-electron chi connectivity index (χ3n) is 10.4. The molecule has 2 aromatic carbocycles. The highest BCUT2D eigenvalue weighted by molar-refractivity contribution is 6.36. The van der Waals surface area contributed by atoms with Crippen molar-refractivity contribution in [3.8, 4) is 17.3 Å². The van der Waals surface area contributed by atoms with Crippen molar-refractivity contribution in [1.82, 2.24) is 24.8 Å². The van der Waals surface area contributed by atoms with E-state index in [1.807, 2.05) is 69.9 Å². The molecular formula is C38H46ClFN6O3. The monoisotopic (exact) mass is 688 g/mol. The lowest BCUT2D eigenvalue weighted by atomic mass is 9.95. The summed E-state index contributed by atoms with van der Waals surface area (Å²) in [6.07, 6.45) is 7.56. The average molecular weight is 689 g/mol. The van der Waals surface area contributed by atoms with Gasteiger partial charge in [0.1, 0.15) is 29.2 Å². The molecule has 4 aromatic rings. The van der Waals surface area contributed by atoms with Crippen LogP contribution in [0.25, 0.3) is 32.9 Å². The van der Waals surface area contributed by atoms with Crippen LogP contribution in [0.2, 0.25) is 5.02 Å². The van der Waals surface area contributed by atoms with E-state index in [-0.39, 0.29) is 40.9 Å². The summed E-state index contributed by atoms with van der Waals surface area (Å²) in [6, 6.07) is 11.4. The SMILES string of the molecule is CC.CC(C)(C)OC(=O)N1C2CCC1CN(c1nc(OCC34CCCN3CCC4)nc3c(F)c(-c4cccc5cccc(Cl)c45)ncc13)C2. The molecule has 8 rings (SSSR count). The minimum absolute atomic E-state index is 0.0156. The van der Waals surface area contributed by atoms with Crippen LogP contribution in [0.3, 0.4) is 0 Å². The number of anilines is 1. The van der Waals surface area contributed by atoms with E-state index in [1.54, 1.807) is 12.3 Å². The first-order valence-electron chi connectivity index (χ1n) is 17.8. The van der Waals surface area contributed by atoms with Gasteiger partial charge in [-0.05, 0) is 83.8 Å². The number of hydrogen-bond acceptors (Lipinski definition) is 8. The summed E-state index contributed by atoms with van der Waals surface area (Å²) in [6.45, 7) is 13.4. The lowest BCUT2D eigenvalue weighted by molar-refractivity contribution is 0.0122. The maximum atomic E-state index is 16.8. The quantitative estimate of drug-likeness (QED) is 0.207. The molecule has 0 aliphatic carbocycles. The molecule has 2 bridgehead atoms. The molecular weight excluding hydrogens is 643 g/mol. The smallest absolute Gasteiger partial charge is 0.410 e. The zero-order valence-electron chi connectivity index (χ0n) is 29.1. The van der Waals surface area contributed by atoms with Gasteiger partial charge in [-0.1, -0.05) is 55.8 Å². The van der Waals surface area contributed by atoms with Crippen molar-refractivity contribution in [2.75, 3.05) is 37.7 Å². The van der Waals surface area contributed by atoms with Gasteiger partial charge in [0.15, 0.2) is 5.82 Å². The van der Waals surface area contributed by atoms with E-state index in [0.717, 1.165) is 62.4 Å². The van der Waals surface area contributed by atoms with E-state index < -0.39 is 11.4 Å². The van der Waals surface area contributed by atoms with Crippen LogP contribution in [-0.4, -0.2) is 86.9 Å². The number of nitrogens with zero attached hydrogens (tertiary/aromatic N) is 6. The number of rotatable bonds is 5. The topological polar surface area (TPSA) is 83.9 Å². The molecule has 4 saturated heterocycles. The van der Waals surface area contributed by atoms with Crippen molar-refractivity contribution in [3.05, 3.63) is 53.4 Å². The third kappa shape index (κ3) is 6.16. The van der Waals surface area contributed by atoms with Crippen molar-refractivity contribution < 1.29 is 18.7 Å². The maximum Gasteiger partial charge on any atom is 0.410 e. The second kappa shape index (κ2) is 13.2.